The molecule has 0 amide bonds. The second-order valence-electron chi connectivity index (χ2n) is 5.96. The van der Waals surface area contributed by atoms with Crippen molar-refractivity contribution in [3.05, 3.63) is 83.9 Å². The van der Waals surface area contributed by atoms with Crippen LogP contribution in [0, 0.1) is 0 Å². The number of carbonyl (C=O) groups excluding carboxylic acids is 2. The third-order valence-electron chi connectivity index (χ3n) is 4.02. The van der Waals surface area contributed by atoms with E-state index in [0.29, 0.717) is 24.2 Å². The largest absolute Gasteiger partial charge is 0.462 e. The molecular formula is C21H24BrNO3. The summed E-state index contributed by atoms with van der Waals surface area (Å²) < 4.78 is 5.08. The minimum absolute atomic E-state index is 0. The molecule has 0 aliphatic heterocycles. The molecule has 2 aromatic rings. The van der Waals surface area contributed by atoms with E-state index >= 15 is 0 Å². The topological polar surface area (TPSA) is 46.6 Å². The van der Waals surface area contributed by atoms with Gasteiger partial charge in [0.2, 0.25) is 0 Å². The molecule has 0 aliphatic rings. The molecule has 0 spiro atoms. The maximum absolute atomic E-state index is 12.5. The second-order valence-corrected chi connectivity index (χ2v) is 5.96. The van der Waals surface area contributed by atoms with E-state index < -0.39 is 5.97 Å². The Morgan fingerprint density at radius 3 is 2.15 bits per heavy atom. The maximum atomic E-state index is 12.5. The molecule has 1 unspecified atom stereocenters. The summed E-state index contributed by atoms with van der Waals surface area (Å²) >= 11 is 0. The first-order chi connectivity index (χ1) is 12.0. The van der Waals surface area contributed by atoms with Gasteiger partial charge >= 0.3 is 5.97 Å². The minimum atomic E-state index is -0.415. The third kappa shape index (κ3) is 5.93. The predicted molar refractivity (Wildman–Crippen MR) is 109 cm³/mol. The molecule has 5 heteroatoms. The molecule has 0 heterocycles. The van der Waals surface area contributed by atoms with Gasteiger partial charge in [0.1, 0.15) is 0 Å². The molecule has 0 radical (unpaired) electrons. The Hall–Kier alpha value is -2.24. The molecule has 138 valence electrons. The summed E-state index contributed by atoms with van der Waals surface area (Å²) in [6, 6.07) is 16.9. The van der Waals surface area contributed by atoms with E-state index in [1.54, 1.807) is 0 Å². The van der Waals surface area contributed by atoms with Gasteiger partial charge in [-0.1, -0.05) is 61.2 Å². The van der Waals surface area contributed by atoms with Crippen LogP contribution in [0.1, 0.15) is 33.9 Å². The first-order valence-electron chi connectivity index (χ1n) is 8.18. The van der Waals surface area contributed by atoms with E-state index in [9.17, 15) is 9.59 Å². The van der Waals surface area contributed by atoms with Crippen molar-refractivity contribution >= 4 is 28.7 Å². The van der Waals surface area contributed by atoms with Crippen molar-refractivity contribution in [2.24, 2.45) is 0 Å². The predicted octanol–water partition coefficient (Wildman–Crippen LogP) is 4.22. The third-order valence-corrected chi connectivity index (χ3v) is 4.02. The highest BCUT2D eigenvalue weighted by molar-refractivity contribution is 8.93. The van der Waals surface area contributed by atoms with Crippen molar-refractivity contribution < 1.29 is 14.3 Å². The quantitative estimate of drug-likeness (QED) is 0.366. The van der Waals surface area contributed by atoms with E-state index in [2.05, 4.69) is 11.5 Å². The number of hydrogen-bond donors (Lipinski definition) is 0. The van der Waals surface area contributed by atoms with Crippen LogP contribution in [0.25, 0.3) is 0 Å². The Morgan fingerprint density at radius 2 is 1.62 bits per heavy atom. The average Bonchev–Trinajstić information content (AvgIpc) is 2.65. The molecule has 0 fully saturated rings. The van der Waals surface area contributed by atoms with Gasteiger partial charge in [-0.05, 0) is 19.7 Å². The van der Waals surface area contributed by atoms with Crippen molar-refractivity contribution in [1.29, 1.82) is 0 Å². The number of nitrogens with zero attached hydrogens (tertiary/aromatic N) is 1. The molecule has 0 bridgehead atoms. The summed E-state index contributed by atoms with van der Waals surface area (Å²) in [6.45, 7) is 3.70. The Balaban J connectivity index is 0.00000338. The van der Waals surface area contributed by atoms with Crippen LogP contribution in [0.15, 0.2) is 67.3 Å². The van der Waals surface area contributed by atoms with Crippen LogP contribution < -0.4 is 0 Å². The van der Waals surface area contributed by atoms with Gasteiger partial charge in [-0.15, -0.1) is 17.0 Å². The van der Waals surface area contributed by atoms with Crippen LogP contribution in [0.3, 0.4) is 0 Å². The zero-order valence-electron chi connectivity index (χ0n) is 15.1. The SMILES string of the molecule is Br.C=CC(=O)OCCC(c1ccc(C(=O)c2ccccc2)cc1)N(C)C. The van der Waals surface area contributed by atoms with Gasteiger partial charge in [-0.2, -0.15) is 0 Å². The van der Waals surface area contributed by atoms with Gasteiger partial charge < -0.3 is 9.64 Å². The molecule has 0 saturated heterocycles. The molecule has 26 heavy (non-hydrogen) atoms. The van der Waals surface area contributed by atoms with Crippen LogP contribution >= 0.6 is 17.0 Å². The standard InChI is InChI=1S/C21H23NO3.BrH/c1-4-20(23)25-15-14-19(22(2)3)16-10-12-18(13-11-16)21(24)17-8-6-5-7-9-17;/h4-13,19H,1,14-15H2,2-3H3;1H. The molecule has 0 saturated carbocycles. The van der Waals surface area contributed by atoms with Gasteiger partial charge in [0.25, 0.3) is 0 Å². The van der Waals surface area contributed by atoms with Crippen molar-refractivity contribution in [3.63, 3.8) is 0 Å². The van der Waals surface area contributed by atoms with Crippen molar-refractivity contribution in [3.8, 4) is 0 Å². The lowest BCUT2D eigenvalue weighted by Crippen LogP contribution is -2.22. The van der Waals surface area contributed by atoms with E-state index in [1.807, 2.05) is 68.7 Å². The smallest absolute Gasteiger partial charge is 0.330 e. The van der Waals surface area contributed by atoms with Crippen LogP contribution in [-0.4, -0.2) is 37.4 Å². The Labute approximate surface area is 165 Å². The van der Waals surface area contributed by atoms with Gasteiger partial charge in [-0.3, -0.25) is 4.79 Å². The summed E-state index contributed by atoms with van der Waals surface area (Å²) in [4.78, 5) is 25.7. The monoisotopic (exact) mass is 417 g/mol. The number of carbonyl (C=O) groups is 2. The lowest BCUT2D eigenvalue weighted by Gasteiger charge is -2.24. The Bertz CT molecular complexity index is 727. The van der Waals surface area contributed by atoms with E-state index in [0.717, 1.165) is 11.6 Å². The lowest BCUT2D eigenvalue weighted by molar-refractivity contribution is -0.138. The molecular weight excluding hydrogens is 394 g/mol. The highest BCUT2D eigenvalue weighted by Gasteiger charge is 2.16. The molecule has 4 nitrogen and oxygen atoms in total. The fourth-order valence-corrected chi connectivity index (χ4v) is 2.67. The molecule has 0 N–H and O–H groups in total. The summed E-state index contributed by atoms with van der Waals surface area (Å²) in [7, 11) is 3.95. The zero-order valence-corrected chi connectivity index (χ0v) is 16.8. The fraction of sp³-hybridized carbons (Fsp3) is 0.238. The van der Waals surface area contributed by atoms with E-state index in [1.165, 1.54) is 0 Å². The fourth-order valence-electron chi connectivity index (χ4n) is 2.67. The molecule has 2 aromatic carbocycles. The van der Waals surface area contributed by atoms with Gasteiger partial charge in [0, 0.05) is 29.7 Å². The average molecular weight is 418 g/mol. The molecule has 0 aromatic heterocycles. The van der Waals surface area contributed by atoms with Gasteiger partial charge in [0.05, 0.1) is 6.61 Å². The second kappa shape index (κ2) is 10.7. The summed E-state index contributed by atoms with van der Waals surface area (Å²) in [6.07, 6.45) is 1.83. The van der Waals surface area contributed by atoms with Crippen molar-refractivity contribution in [2.75, 3.05) is 20.7 Å². The van der Waals surface area contributed by atoms with Gasteiger partial charge in [0.15, 0.2) is 5.78 Å². The number of ether oxygens (including phenoxy) is 1. The highest BCUT2D eigenvalue weighted by atomic mass is 79.9. The number of ketones is 1. The molecule has 1 atom stereocenters. The number of halogens is 1. The number of benzene rings is 2. The lowest BCUT2D eigenvalue weighted by atomic mass is 9.98. The molecule has 0 aliphatic carbocycles. The van der Waals surface area contributed by atoms with Crippen molar-refractivity contribution in [1.82, 2.24) is 4.90 Å². The van der Waals surface area contributed by atoms with Gasteiger partial charge in [-0.25, -0.2) is 4.79 Å². The summed E-state index contributed by atoms with van der Waals surface area (Å²) in [5, 5.41) is 0. The normalized spacial score (nSPS) is 11.3. The summed E-state index contributed by atoms with van der Waals surface area (Å²) in [5.74, 6) is -0.408. The number of esters is 1. The number of rotatable bonds is 8. The van der Waals surface area contributed by atoms with E-state index in [-0.39, 0.29) is 28.8 Å². The summed E-state index contributed by atoms with van der Waals surface area (Å²) in [5.41, 5.74) is 2.41. The van der Waals surface area contributed by atoms with E-state index in [4.69, 9.17) is 4.74 Å². The Morgan fingerprint density at radius 1 is 1.04 bits per heavy atom. The zero-order chi connectivity index (χ0) is 18.2. The highest BCUT2D eigenvalue weighted by Crippen LogP contribution is 2.23. The van der Waals surface area contributed by atoms with Crippen LogP contribution in [0.5, 0.6) is 0 Å². The maximum Gasteiger partial charge on any atom is 0.330 e. The van der Waals surface area contributed by atoms with Crippen LogP contribution in [0.4, 0.5) is 0 Å². The minimum Gasteiger partial charge on any atom is -0.462 e. The van der Waals surface area contributed by atoms with Crippen molar-refractivity contribution in [2.45, 2.75) is 12.5 Å². The van der Waals surface area contributed by atoms with Crippen LogP contribution in [-0.2, 0) is 9.53 Å². The Kier molecular flexibility index (Phi) is 8.96. The first-order valence-corrected chi connectivity index (χ1v) is 8.18. The van der Waals surface area contributed by atoms with Crippen LogP contribution in [0.2, 0.25) is 0 Å². The number of hydrogen-bond acceptors (Lipinski definition) is 4. The first kappa shape index (κ1) is 21.8. The molecule has 2 rings (SSSR count).